The highest BCUT2D eigenvalue weighted by Gasteiger charge is 2.21. The third-order valence-electron chi connectivity index (χ3n) is 3.18. The Morgan fingerprint density at radius 2 is 2.29 bits per heavy atom. The van der Waals surface area contributed by atoms with Gasteiger partial charge >= 0.3 is 0 Å². The molecule has 1 aromatic rings. The minimum absolute atomic E-state index is 0.595. The van der Waals surface area contributed by atoms with E-state index in [1.807, 2.05) is 12.3 Å². The van der Waals surface area contributed by atoms with Gasteiger partial charge in [-0.2, -0.15) is 0 Å². The van der Waals surface area contributed by atoms with Crippen LogP contribution in [-0.2, 0) is 0 Å². The second-order valence-corrected chi connectivity index (χ2v) is 4.17. The molecule has 1 aliphatic heterocycles. The van der Waals surface area contributed by atoms with Gasteiger partial charge < -0.3 is 0 Å². The lowest BCUT2D eigenvalue weighted by molar-refractivity contribution is 0.186. The van der Waals surface area contributed by atoms with Crippen LogP contribution < -0.4 is 0 Å². The van der Waals surface area contributed by atoms with E-state index in [0.29, 0.717) is 6.04 Å². The van der Waals surface area contributed by atoms with Crippen molar-refractivity contribution in [3.05, 3.63) is 29.6 Å². The monoisotopic (exact) mass is 190 g/mol. The van der Waals surface area contributed by atoms with Crippen LogP contribution in [0.5, 0.6) is 0 Å². The first-order valence-electron chi connectivity index (χ1n) is 5.41. The lowest BCUT2D eigenvalue weighted by atomic mass is 9.95. The lowest BCUT2D eigenvalue weighted by Gasteiger charge is -2.33. The van der Waals surface area contributed by atoms with Gasteiger partial charge in [-0.1, -0.05) is 12.5 Å². The van der Waals surface area contributed by atoms with Gasteiger partial charge in [-0.15, -0.1) is 0 Å². The zero-order chi connectivity index (χ0) is 9.97. The number of rotatable bonds is 1. The lowest BCUT2D eigenvalue weighted by Crippen LogP contribution is -2.30. The molecule has 76 valence electrons. The molecule has 1 fully saturated rings. The van der Waals surface area contributed by atoms with Gasteiger partial charge in [0.2, 0.25) is 0 Å². The summed E-state index contributed by atoms with van der Waals surface area (Å²) < 4.78 is 0. The van der Waals surface area contributed by atoms with E-state index in [1.54, 1.807) is 0 Å². The number of nitrogens with zero attached hydrogens (tertiary/aromatic N) is 2. The Balaban J connectivity index is 2.25. The number of piperidine rings is 1. The molecule has 1 aromatic heterocycles. The van der Waals surface area contributed by atoms with Crippen molar-refractivity contribution in [3.63, 3.8) is 0 Å². The van der Waals surface area contributed by atoms with Crippen LogP contribution in [0.15, 0.2) is 18.3 Å². The number of hydrogen-bond acceptors (Lipinski definition) is 2. The second-order valence-electron chi connectivity index (χ2n) is 4.17. The van der Waals surface area contributed by atoms with Gasteiger partial charge in [0, 0.05) is 17.9 Å². The summed E-state index contributed by atoms with van der Waals surface area (Å²) in [6.45, 7) is 3.33. The highest BCUT2D eigenvalue weighted by atomic mass is 15.1. The molecule has 14 heavy (non-hydrogen) atoms. The highest BCUT2D eigenvalue weighted by Crippen LogP contribution is 2.30. The first-order chi connectivity index (χ1) is 6.79. The van der Waals surface area contributed by atoms with E-state index in [0.717, 1.165) is 0 Å². The summed E-state index contributed by atoms with van der Waals surface area (Å²) in [6, 6.07) is 4.86. The van der Waals surface area contributed by atoms with Gasteiger partial charge in [-0.25, -0.2) is 0 Å². The van der Waals surface area contributed by atoms with Gasteiger partial charge in [0.25, 0.3) is 0 Å². The maximum atomic E-state index is 4.36. The first-order valence-corrected chi connectivity index (χ1v) is 5.41. The van der Waals surface area contributed by atoms with Crippen LogP contribution in [0.3, 0.4) is 0 Å². The van der Waals surface area contributed by atoms with Crippen molar-refractivity contribution in [2.75, 3.05) is 13.6 Å². The molecule has 1 aliphatic rings. The second kappa shape index (κ2) is 4.09. The zero-order valence-electron chi connectivity index (χ0n) is 9.03. The van der Waals surface area contributed by atoms with Crippen LogP contribution in [0.1, 0.15) is 36.6 Å². The quantitative estimate of drug-likeness (QED) is 0.676. The van der Waals surface area contributed by atoms with Crippen molar-refractivity contribution in [1.29, 1.82) is 0 Å². The van der Waals surface area contributed by atoms with E-state index in [9.17, 15) is 0 Å². The number of aryl methyl sites for hydroxylation is 1. The molecule has 0 spiro atoms. The Kier molecular flexibility index (Phi) is 2.82. The van der Waals surface area contributed by atoms with Crippen LogP contribution in [0, 0.1) is 6.92 Å². The minimum atomic E-state index is 0.595. The molecule has 0 saturated carbocycles. The molecule has 1 atom stereocenters. The van der Waals surface area contributed by atoms with Gasteiger partial charge in [0.15, 0.2) is 0 Å². The Bertz CT molecular complexity index is 309. The largest absolute Gasteiger partial charge is 0.299 e. The van der Waals surface area contributed by atoms with Crippen molar-refractivity contribution in [2.45, 2.75) is 32.2 Å². The summed E-state index contributed by atoms with van der Waals surface area (Å²) >= 11 is 0. The predicted octanol–water partition coefficient (Wildman–Crippen LogP) is 2.55. The summed E-state index contributed by atoms with van der Waals surface area (Å²) in [6.07, 6.45) is 5.85. The number of hydrogen-bond donors (Lipinski definition) is 0. The van der Waals surface area contributed by atoms with E-state index in [4.69, 9.17) is 0 Å². The average molecular weight is 190 g/mol. The van der Waals surface area contributed by atoms with Crippen molar-refractivity contribution in [3.8, 4) is 0 Å². The number of pyridine rings is 1. The van der Waals surface area contributed by atoms with Gasteiger partial charge in [-0.05, 0) is 45.0 Å². The van der Waals surface area contributed by atoms with E-state index in [2.05, 4.69) is 29.9 Å². The molecule has 2 heterocycles. The Morgan fingerprint density at radius 3 is 3.00 bits per heavy atom. The summed E-state index contributed by atoms with van der Waals surface area (Å²) in [5, 5.41) is 0. The topological polar surface area (TPSA) is 16.1 Å². The minimum Gasteiger partial charge on any atom is -0.299 e. The van der Waals surface area contributed by atoms with Crippen molar-refractivity contribution < 1.29 is 0 Å². The molecule has 0 aromatic carbocycles. The molecule has 0 unspecified atom stereocenters. The van der Waals surface area contributed by atoms with Gasteiger partial charge in [0.05, 0.1) is 0 Å². The highest BCUT2D eigenvalue weighted by molar-refractivity contribution is 5.22. The fourth-order valence-corrected chi connectivity index (χ4v) is 2.32. The molecule has 2 nitrogen and oxygen atoms in total. The molecule has 2 rings (SSSR count). The van der Waals surface area contributed by atoms with Crippen molar-refractivity contribution in [2.24, 2.45) is 0 Å². The number of likely N-dealkylation sites (tertiary alicyclic amines) is 1. The standard InChI is InChI=1S/C12H18N2/c1-10-11(6-5-8-13-10)12-7-3-4-9-14(12)2/h5-6,8,12H,3-4,7,9H2,1-2H3/t12-/m0/s1. The molecular weight excluding hydrogens is 172 g/mol. The Morgan fingerprint density at radius 1 is 1.43 bits per heavy atom. The van der Waals surface area contributed by atoms with Crippen LogP contribution in [0.2, 0.25) is 0 Å². The molecule has 0 N–H and O–H groups in total. The van der Waals surface area contributed by atoms with Crippen LogP contribution in [0.25, 0.3) is 0 Å². The van der Waals surface area contributed by atoms with Crippen LogP contribution in [-0.4, -0.2) is 23.5 Å². The van der Waals surface area contributed by atoms with Gasteiger partial charge in [0.1, 0.15) is 0 Å². The Hall–Kier alpha value is -0.890. The normalized spacial score (nSPS) is 23.7. The smallest absolute Gasteiger partial charge is 0.0420 e. The molecule has 1 saturated heterocycles. The molecule has 0 bridgehead atoms. The fraction of sp³-hybridized carbons (Fsp3) is 0.583. The van der Waals surface area contributed by atoms with Crippen molar-refractivity contribution in [1.82, 2.24) is 9.88 Å². The maximum absolute atomic E-state index is 4.36. The molecule has 0 radical (unpaired) electrons. The Labute approximate surface area is 86.0 Å². The average Bonchev–Trinajstić information content (AvgIpc) is 2.20. The third-order valence-corrected chi connectivity index (χ3v) is 3.18. The van der Waals surface area contributed by atoms with Crippen molar-refractivity contribution >= 4 is 0 Å². The maximum Gasteiger partial charge on any atom is 0.0420 e. The molecule has 2 heteroatoms. The van der Waals surface area contributed by atoms with E-state index >= 15 is 0 Å². The van der Waals surface area contributed by atoms with E-state index in [-0.39, 0.29) is 0 Å². The third kappa shape index (κ3) is 1.80. The van der Waals surface area contributed by atoms with Crippen LogP contribution >= 0.6 is 0 Å². The molecular formula is C12H18N2. The summed E-state index contributed by atoms with van der Waals surface area (Å²) in [7, 11) is 2.22. The number of aromatic nitrogens is 1. The summed E-state index contributed by atoms with van der Waals surface area (Å²) in [4.78, 5) is 6.81. The molecule has 0 amide bonds. The zero-order valence-corrected chi connectivity index (χ0v) is 9.03. The predicted molar refractivity (Wildman–Crippen MR) is 58.2 cm³/mol. The summed E-state index contributed by atoms with van der Waals surface area (Å²) in [5.41, 5.74) is 2.60. The van der Waals surface area contributed by atoms with Crippen LogP contribution in [0.4, 0.5) is 0 Å². The van der Waals surface area contributed by atoms with E-state index < -0.39 is 0 Å². The first kappa shape index (κ1) is 9.66. The SMILES string of the molecule is Cc1ncccc1[C@@H]1CCCCN1C. The summed E-state index contributed by atoms with van der Waals surface area (Å²) in [5.74, 6) is 0. The fourth-order valence-electron chi connectivity index (χ4n) is 2.32. The van der Waals surface area contributed by atoms with Gasteiger partial charge in [-0.3, -0.25) is 9.88 Å². The van der Waals surface area contributed by atoms with E-state index in [1.165, 1.54) is 37.1 Å². The molecule has 0 aliphatic carbocycles.